The third kappa shape index (κ3) is 5.60. The highest BCUT2D eigenvalue weighted by Gasteiger charge is 2.13. The van der Waals surface area contributed by atoms with Crippen LogP contribution in [-0.2, 0) is 9.53 Å². The first kappa shape index (κ1) is 15.3. The molecule has 0 atom stereocenters. The summed E-state index contributed by atoms with van der Waals surface area (Å²) in [5.74, 6) is 0.538. The Balaban J connectivity index is 2.72. The fraction of sp³-hybridized carbons (Fsp3) is 0.438. The lowest BCUT2D eigenvalue weighted by atomic mass is 10.1. The highest BCUT2D eigenvalue weighted by atomic mass is 16.6. The minimum absolute atomic E-state index is 0.334. The molecule has 1 aromatic carbocycles. The predicted molar refractivity (Wildman–Crippen MR) is 77.2 cm³/mol. The van der Waals surface area contributed by atoms with Gasteiger partial charge in [-0.25, -0.2) is 4.79 Å². The molecule has 1 aromatic rings. The first-order valence-corrected chi connectivity index (χ1v) is 6.46. The van der Waals surface area contributed by atoms with Crippen molar-refractivity contribution in [3.8, 4) is 5.75 Å². The number of carbonyl (C=O) groups is 1. The van der Waals surface area contributed by atoms with Crippen LogP contribution in [0.3, 0.4) is 0 Å². The normalized spacial score (nSPS) is 11.6. The second kappa shape index (κ2) is 6.41. The molecule has 0 aliphatic heterocycles. The molecule has 0 aliphatic rings. The summed E-state index contributed by atoms with van der Waals surface area (Å²) in [6, 6.07) is 5.80. The van der Waals surface area contributed by atoms with Crippen LogP contribution in [0.5, 0.6) is 5.75 Å². The number of aryl methyl sites for hydroxylation is 1. The lowest BCUT2D eigenvalue weighted by molar-refractivity contribution is -0.148. The van der Waals surface area contributed by atoms with E-state index in [1.165, 1.54) is 6.08 Å². The highest BCUT2D eigenvalue weighted by Crippen LogP contribution is 2.20. The van der Waals surface area contributed by atoms with Crippen molar-refractivity contribution in [2.24, 2.45) is 0 Å². The van der Waals surface area contributed by atoms with E-state index < -0.39 is 5.60 Å². The maximum Gasteiger partial charge on any atom is 0.331 e. The quantitative estimate of drug-likeness (QED) is 0.612. The van der Waals surface area contributed by atoms with E-state index in [1.54, 1.807) is 6.08 Å². The molecule has 1 rings (SSSR count). The molecular formula is C16H22O3. The molecule has 3 nitrogen and oxygen atoms in total. The Morgan fingerprint density at radius 3 is 2.53 bits per heavy atom. The van der Waals surface area contributed by atoms with Gasteiger partial charge >= 0.3 is 5.97 Å². The lowest BCUT2D eigenvalue weighted by Crippen LogP contribution is -2.22. The largest absolute Gasteiger partial charge is 0.494 e. The van der Waals surface area contributed by atoms with Gasteiger partial charge in [0.25, 0.3) is 0 Å². The minimum atomic E-state index is -0.462. The van der Waals surface area contributed by atoms with Gasteiger partial charge in [-0.2, -0.15) is 0 Å². The molecule has 0 radical (unpaired) electrons. The van der Waals surface area contributed by atoms with E-state index in [0.29, 0.717) is 6.61 Å². The number of benzene rings is 1. The van der Waals surface area contributed by atoms with E-state index in [4.69, 9.17) is 9.47 Å². The van der Waals surface area contributed by atoms with E-state index in [1.807, 2.05) is 52.8 Å². The molecule has 3 heteroatoms. The molecule has 0 heterocycles. The zero-order valence-corrected chi connectivity index (χ0v) is 12.3. The average Bonchev–Trinajstić information content (AvgIpc) is 2.27. The topological polar surface area (TPSA) is 35.5 Å². The summed E-state index contributed by atoms with van der Waals surface area (Å²) in [5.41, 5.74) is 1.54. The third-order valence-electron chi connectivity index (χ3n) is 2.32. The van der Waals surface area contributed by atoms with Gasteiger partial charge in [-0.3, -0.25) is 0 Å². The third-order valence-corrected chi connectivity index (χ3v) is 2.32. The van der Waals surface area contributed by atoms with Crippen LogP contribution >= 0.6 is 0 Å². The van der Waals surface area contributed by atoms with Crippen molar-refractivity contribution in [3.63, 3.8) is 0 Å². The lowest BCUT2D eigenvalue weighted by Gasteiger charge is -2.17. The van der Waals surface area contributed by atoms with Gasteiger partial charge in [0.05, 0.1) is 6.61 Å². The molecule has 0 fully saturated rings. The van der Waals surface area contributed by atoms with Gasteiger partial charge in [0.15, 0.2) is 0 Å². The number of rotatable bonds is 4. The van der Waals surface area contributed by atoms with Crippen LogP contribution in [0.15, 0.2) is 24.3 Å². The fourth-order valence-electron chi connectivity index (χ4n) is 1.59. The highest BCUT2D eigenvalue weighted by molar-refractivity contribution is 5.87. The molecule has 0 aromatic heterocycles. The molecule has 104 valence electrons. The number of hydrogen-bond donors (Lipinski definition) is 0. The van der Waals surface area contributed by atoms with Gasteiger partial charge in [-0.1, -0.05) is 6.07 Å². The van der Waals surface area contributed by atoms with E-state index in [0.717, 1.165) is 16.9 Å². The molecule has 0 saturated carbocycles. The van der Waals surface area contributed by atoms with Crippen molar-refractivity contribution in [1.82, 2.24) is 0 Å². The van der Waals surface area contributed by atoms with Crippen molar-refractivity contribution in [2.75, 3.05) is 6.61 Å². The zero-order valence-electron chi connectivity index (χ0n) is 12.3. The molecule has 0 N–H and O–H groups in total. The molecular weight excluding hydrogens is 240 g/mol. The molecule has 0 amide bonds. The number of esters is 1. The maximum absolute atomic E-state index is 11.6. The zero-order chi connectivity index (χ0) is 14.5. The number of ether oxygens (including phenoxy) is 2. The average molecular weight is 262 g/mol. The fourth-order valence-corrected chi connectivity index (χ4v) is 1.59. The van der Waals surface area contributed by atoms with Gasteiger partial charge in [0.1, 0.15) is 11.4 Å². The standard InChI is InChI=1S/C16H22O3/c1-6-18-14-9-7-13(11-12(14)2)8-10-15(17)19-16(3,4)5/h7-11H,6H2,1-5H3/b10-8+. The van der Waals surface area contributed by atoms with Crippen molar-refractivity contribution in [1.29, 1.82) is 0 Å². The summed E-state index contributed by atoms with van der Waals surface area (Å²) in [5, 5.41) is 0. The summed E-state index contributed by atoms with van der Waals surface area (Å²) in [4.78, 5) is 11.6. The smallest absolute Gasteiger partial charge is 0.331 e. The van der Waals surface area contributed by atoms with Gasteiger partial charge in [-0.15, -0.1) is 0 Å². The van der Waals surface area contributed by atoms with E-state index >= 15 is 0 Å². The Bertz CT molecular complexity index is 467. The SMILES string of the molecule is CCOc1ccc(/C=C/C(=O)OC(C)(C)C)cc1C. The molecule has 0 unspecified atom stereocenters. The van der Waals surface area contributed by atoms with E-state index in [-0.39, 0.29) is 5.97 Å². The van der Waals surface area contributed by atoms with Crippen LogP contribution in [0.4, 0.5) is 0 Å². The van der Waals surface area contributed by atoms with Gasteiger partial charge < -0.3 is 9.47 Å². The van der Waals surface area contributed by atoms with Crippen molar-refractivity contribution in [3.05, 3.63) is 35.4 Å². The Morgan fingerprint density at radius 2 is 2.00 bits per heavy atom. The van der Waals surface area contributed by atoms with Gasteiger partial charge in [-0.05, 0) is 64.0 Å². The molecule has 0 spiro atoms. The Labute approximate surface area is 115 Å². The van der Waals surface area contributed by atoms with Crippen LogP contribution in [-0.4, -0.2) is 18.2 Å². The molecule has 0 bridgehead atoms. The molecule has 19 heavy (non-hydrogen) atoms. The van der Waals surface area contributed by atoms with Crippen LogP contribution in [0.1, 0.15) is 38.8 Å². The Hall–Kier alpha value is -1.77. The van der Waals surface area contributed by atoms with Crippen LogP contribution < -0.4 is 4.74 Å². The second-order valence-corrected chi connectivity index (χ2v) is 5.32. The summed E-state index contributed by atoms with van der Waals surface area (Å²) in [6.07, 6.45) is 3.19. The Kier molecular flexibility index (Phi) is 5.16. The first-order valence-electron chi connectivity index (χ1n) is 6.46. The Morgan fingerprint density at radius 1 is 1.32 bits per heavy atom. The van der Waals surface area contributed by atoms with Crippen LogP contribution in [0.25, 0.3) is 6.08 Å². The second-order valence-electron chi connectivity index (χ2n) is 5.32. The molecule has 0 saturated heterocycles. The van der Waals surface area contributed by atoms with Crippen molar-refractivity contribution >= 4 is 12.0 Å². The van der Waals surface area contributed by atoms with Crippen molar-refractivity contribution < 1.29 is 14.3 Å². The van der Waals surface area contributed by atoms with Crippen molar-refractivity contribution in [2.45, 2.75) is 40.2 Å². The number of hydrogen-bond acceptors (Lipinski definition) is 3. The van der Waals surface area contributed by atoms with Gasteiger partial charge in [0.2, 0.25) is 0 Å². The summed E-state index contributed by atoms with van der Waals surface area (Å²) in [7, 11) is 0. The predicted octanol–water partition coefficient (Wildman–Crippen LogP) is 3.75. The molecule has 0 aliphatic carbocycles. The summed E-state index contributed by atoms with van der Waals surface area (Å²) >= 11 is 0. The van der Waals surface area contributed by atoms with E-state index in [2.05, 4.69) is 0 Å². The summed E-state index contributed by atoms with van der Waals surface area (Å²) in [6.45, 7) is 10.1. The first-order chi connectivity index (χ1) is 8.81. The minimum Gasteiger partial charge on any atom is -0.494 e. The monoisotopic (exact) mass is 262 g/mol. The summed E-state index contributed by atoms with van der Waals surface area (Å²) < 4.78 is 10.7. The number of carbonyl (C=O) groups excluding carboxylic acids is 1. The van der Waals surface area contributed by atoms with Crippen LogP contribution in [0, 0.1) is 6.92 Å². The van der Waals surface area contributed by atoms with Gasteiger partial charge in [0, 0.05) is 6.08 Å². The van der Waals surface area contributed by atoms with E-state index in [9.17, 15) is 4.79 Å². The maximum atomic E-state index is 11.6. The van der Waals surface area contributed by atoms with Crippen LogP contribution in [0.2, 0.25) is 0 Å².